The minimum Gasteiger partial charge on any atom is -0.369 e. The second-order valence-electron chi connectivity index (χ2n) is 2.04. The van der Waals surface area contributed by atoms with Crippen LogP contribution < -0.4 is 0 Å². The first-order valence-corrected chi connectivity index (χ1v) is 3.27. The predicted octanol–water partition coefficient (Wildman–Crippen LogP) is 1.06. The van der Waals surface area contributed by atoms with Crippen molar-refractivity contribution in [3.63, 3.8) is 0 Å². The Balaban J connectivity index is 3.66. The Hall–Kier alpha value is -0.520. The monoisotopic (exact) mass is 142 g/mol. The van der Waals surface area contributed by atoms with Crippen molar-refractivity contribution in [3.8, 4) is 11.8 Å². The fourth-order valence-corrected chi connectivity index (χ4v) is 0.353. The summed E-state index contributed by atoms with van der Waals surface area (Å²) < 4.78 is 9.83. The van der Waals surface area contributed by atoms with Crippen molar-refractivity contribution in [2.75, 3.05) is 14.2 Å². The van der Waals surface area contributed by atoms with Gasteiger partial charge in [-0.3, -0.25) is 0 Å². The lowest BCUT2D eigenvalue weighted by molar-refractivity contribution is 0.155. The van der Waals surface area contributed by atoms with Gasteiger partial charge in [-0.2, -0.15) is 0 Å². The SMILES string of the molecule is COC(C)C#CC(C)OC. The van der Waals surface area contributed by atoms with Crippen LogP contribution in [0, 0.1) is 11.8 Å². The summed E-state index contributed by atoms with van der Waals surface area (Å²) in [6, 6.07) is 0. The van der Waals surface area contributed by atoms with E-state index >= 15 is 0 Å². The van der Waals surface area contributed by atoms with E-state index < -0.39 is 0 Å². The molecule has 0 amide bonds. The highest BCUT2D eigenvalue weighted by Gasteiger charge is 1.92. The molecule has 0 saturated carbocycles. The Morgan fingerprint density at radius 1 is 0.900 bits per heavy atom. The number of methoxy groups -OCH3 is 2. The molecular formula is C8H14O2. The number of rotatable bonds is 2. The zero-order valence-corrected chi connectivity index (χ0v) is 6.97. The van der Waals surface area contributed by atoms with E-state index in [0.717, 1.165) is 0 Å². The van der Waals surface area contributed by atoms with Crippen LogP contribution in [0.4, 0.5) is 0 Å². The molecule has 0 aromatic rings. The highest BCUT2D eigenvalue weighted by Crippen LogP contribution is 1.86. The molecule has 0 fully saturated rings. The van der Waals surface area contributed by atoms with Gasteiger partial charge in [0.2, 0.25) is 0 Å². The second kappa shape index (κ2) is 5.28. The fraction of sp³-hybridized carbons (Fsp3) is 0.750. The van der Waals surface area contributed by atoms with Crippen LogP contribution in [0.2, 0.25) is 0 Å². The Labute approximate surface area is 62.5 Å². The average molecular weight is 142 g/mol. The minimum atomic E-state index is -0.00222. The van der Waals surface area contributed by atoms with Crippen molar-refractivity contribution in [1.29, 1.82) is 0 Å². The van der Waals surface area contributed by atoms with Gasteiger partial charge in [0.25, 0.3) is 0 Å². The first-order chi connectivity index (χ1) is 4.70. The summed E-state index contributed by atoms with van der Waals surface area (Å²) in [5.41, 5.74) is 0. The summed E-state index contributed by atoms with van der Waals surface area (Å²) >= 11 is 0. The van der Waals surface area contributed by atoms with Crippen molar-refractivity contribution < 1.29 is 9.47 Å². The Morgan fingerprint density at radius 3 is 1.40 bits per heavy atom. The molecule has 58 valence electrons. The maximum absolute atomic E-state index is 4.92. The van der Waals surface area contributed by atoms with Crippen molar-refractivity contribution in [1.82, 2.24) is 0 Å². The standard InChI is InChI=1S/C8H14O2/c1-7(9-3)5-6-8(2)10-4/h7-8H,1-4H3. The molecule has 0 aliphatic heterocycles. The molecular weight excluding hydrogens is 128 g/mol. The van der Waals surface area contributed by atoms with Gasteiger partial charge in [-0.25, -0.2) is 0 Å². The molecule has 0 spiro atoms. The van der Waals surface area contributed by atoms with Gasteiger partial charge in [-0.05, 0) is 13.8 Å². The van der Waals surface area contributed by atoms with Gasteiger partial charge in [-0.15, -0.1) is 0 Å². The Morgan fingerprint density at radius 2 is 1.20 bits per heavy atom. The maximum atomic E-state index is 4.92. The normalized spacial score (nSPS) is 15.2. The third kappa shape index (κ3) is 4.37. The summed E-state index contributed by atoms with van der Waals surface area (Å²) in [5, 5.41) is 0. The van der Waals surface area contributed by atoms with Crippen molar-refractivity contribution in [2.45, 2.75) is 26.1 Å². The molecule has 0 rings (SSSR count). The third-order valence-corrected chi connectivity index (χ3v) is 1.20. The molecule has 0 aromatic carbocycles. The van der Waals surface area contributed by atoms with Crippen LogP contribution in [0.3, 0.4) is 0 Å². The smallest absolute Gasteiger partial charge is 0.115 e. The van der Waals surface area contributed by atoms with Crippen molar-refractivity contribution in [2.24, 2.45) is 0 Å². The Kier molecular flexibility index (Phi) is 5.00. The lowest BCUT2D eigenvalue weighted by Gasteiger charge is -2.00. The van der Waals surface area contributed by atoms with Gasteiger partial charge in [0, 0.05) is 14.2 Å². The Bertz CT molecular complexity index is 118. The van der Waals surface area contributed by atoms with Crippen LogP contribution in [-0.4, -0.2) is 26.4 Å². The maximum Gasteiger partial charge on any atom is 0.115 e. The van der Waals surface area contributed by atoms with Gasteiger partial charge in [0.05, 0.1) is 0 Å². The van der Waals surface area contributed by atoms with Crippen molar-refractivity contribution >= 4 is 0 Å². The van der Waals surface area contributed by atoms with E-state index in [-0.39, 0.29) is 12.2 Å². The van der Waals surface area contributed by atoms with E-state index in [9.17, 15) is 0 Å². The summed E-state index contributed by atoms with van der Waals surface area (Å²) in [4.78, 5) is 0. The van der Waals surface area contributed by atoms with Crippen LogP contribution in [-0.2, 0) is 9.47 Å². The molecule has 2 heteroatoms. The number of hydrogen-bond acceptors (Lipinski definition) is 2. The highest BCUT2D eigenvalue weighted by atomic mass is 16.5. The molecule has 0 aliphatic rings. The molecule has 2 unspecified atom stereocenters. The van der Waals surface area contributed by atoms with E-state index in [1.807, 2.05) is 13.8 Å². The molecule has 10 heavy (non-hydrogen) atoms. The van der Waals surface area contributed by atoms with Crippen molar-refractivity contribution in [3.05, 3.63) is 0 Å². The van der Waals surface area contributed by atoms with Crippen LogP contribution in [0.15, 0.2) is 0 Å². The topological polar surface area (TPSA) is 18.5 Å². The third-order valence-electron chi connectivity index (χ3n) is 1.20. The molecule has 0 N–H and O–H groups in total. The van der Waals surface area contributed by atoms with Gasteiger partial charge in [0.15, 0.2) is 0 Å². The zero-order valence-electron chi connectivity index (χ0n) is 6.97. The van der Waals surface area contributed by atoms with Crippen LogP contribution in [0.25, 0.3) is 0 Å². The number of hydrogen-bond donors (Lipinski definition) is 0. The first kappa shape index (κ1) is 9.48. The molecule has 0 bridgehead atoms. The lowest BCUT2D eigenvalue weighted by atomic mass is 10.3. The summed E-state index contributed by atoms with van der Waals surface area (Å²) in [6.07, 6.45) is -0.00444. The minimum absolute atomic E-state index is 0.00222. The van der Waals surface area contributed by atoms with Gasteiger partial charge >= 0.3 is 0 Å². The van der Waals surface area contributed by atoms with E-state index in [4.69, 9.17) is 9.47 Å². The number of ether oxygens (including phenoxy) is 2. The fourth-order valence-electron chi connectivity index (χ4n) is 0.353. The summed E-state index contributed by atoms with van der Waals surface area (Å²) in [7, 11) is 3.27. The zero-order chi connectivity index (χ0) is 7.98. The van der Waals surface area contributed by atoms with E-state index in [1.54, 1.807) is 14.2 Å². The van der Waals surface area contributed by atoms with Gasteiger partial charge in [0.1, 0.15) is 12.2 Å². The van der Waals surface area contributed by atoms with Crippen LogP contribution >= 0.6 is 0 Å². The molecule has 0 aromatic heterocycles. The molecule has 0 aliphatic carbocycles. The largest absolute Gasteiger partial charge is 0.369 e. The van der Waals surface area contributed by atoms with Gasteiger partial charge in [-0.1, -0.05) is 11.8 Å². The van der Waals surface area contributed by atoms with Gasteiger partial charge < -0.3 is 9.47 Å². The predicted molar refractivity (Wildman–Crippen MR) is 40.7 cm³/mol. The average Bonchev–Trinajstić information content (AvgIpc) is 1.99. The summed E-state index contributed by atoms with van der Waals surface area (Å²) in [5.74, 6) is 5.77. The van der Waals surface area contributed by atoms with E-state index in [1.165, 1.54) is 0 Å². The molecule has 0 saturated heterocycles. The van der Waals surface area contributed by atoms with E-state index in [2.05, 4.69) is 11.8 Å². The summed E-state index contributed by atoms with van der Waals surface area (Å²) in [6.45, 7) is 3.80. The quantitative estimate of drug-likeness (QED) is 0.537. The second-order valence-corrected chi connectivity index (χ2v) is 2.04. The van der Waals surface area contributed by atoms with Crippen LogP contribution in [0.1, 0.15) is 13.8 Å². The molecule has 0 radical (unpaired) electrons. The highest BCUT2D eigenvalue weighted by molar-refractivity contribution is 5.07. The van der Waals surface area contributed by atoms with Crippen LogP contribution in [0.5, 0.6) is 0 Å². The van der Waals surface area contributed by atoms with E-state index in [0.29, 0.717) is 0 Å². The molecule has 2 atom stereocenters. The lowest BCUT2D eigenvalue weighted by Crippen LogP contribution is -2.04. The first-order valence-electron chi connectivity index (χ1n) is 3.27. The molecule has 2 nitrogen and oxygen atoms in total. The molecule has 0 heterocycles.